The van der Waals surface area contributed by atoms with Gasteiger partial charge in [-0.05, 0) is 37.0 Å². The molecule has 158 valence electrons. The van der Waals surface area contributed by atoms with Gasteiger partial charge in [-0.15, -0.1) is 0 Å². The zero-order valence-electron chi connectivity index (χ0n) is 16.4. The summed E-state index contributed by atoms with van der Waals surface area (Å²) in [7, 11) is 0. The minimum absolute atomic E-state index is 0.146. The molecule has 2 saturated heterocycles. The fourth-order valence-electron chi connectivity index (χ4n) is 3.28. The van der Waals surface area contributed by atoms with Gasteiger partial charge in [-0.2, -0.15) is 13.2 Å². The molecule has 9 heteroatoms. The van der Waals surface area contributed by atoms with Crippen LogP contribution in [0.3, 0.4) is 0 Å². The number of benzene rings is 1. The van der Waals surface area contributed by atoms with Gasteiger partial charge in [0.25, 0.3) is 5.79 Å². The fourth-order valence-corrected chi connectivity index (χ4v) is 3.28. The van der Waals surface area contributed by atoms with Crippen molar-refractivity contribution in [3.05, 3.63) is 35.5 Å². The lowest BCUT2D eigenvalue weighted by molar-refractivity contribution is -0.222. The molecular weight excluding hydrogens is 389 g/mol. The minimum atomic E-state index is -4.52. The Morgan fingerprint density at radius 2 is 1.72 bits per heavy atom. The van der Waals surface area contributed by atoms with Crippen molar-refractivity contribution in [3.63, 3.8) is 0 Å². The first kappa shape index (κ1) is 21.0. The third-order valence-corrected chi connectivity index (χ3v) is 4.94. The van der Waals surface area contributed by atoms with Crippen LogP contribution in [0.15, 0.2) is 30.0 Å². The van der Waals surface area contributed by atoms with Gasteiger partial charge in [0.1, 0.15) is 0 Å². The summed E-state index contributed by atoms with van der Waals surface area (Å²) in [5, 5.41) is 2.69. The summed E-state index contributed by atoms with van der Waals surface area (Å²) in [5.74, 6) is -2.65. The number of ether oxygens (including phenoxy) is 2. The van der Waals surface area contributed by atoms with Crippen LogP contribution in [-0.2, 0) is 25.2 Å². The molecule has 0 amide bonds. The van der Waals surface area contributed by atoms with Crippen LogP contribution in [0.5, 0.6) is 0 Å². The van der Waals surface area contributed by atoms with E-state index in [-0.39, 0.29) is 5.69 Å². The number of nitrogens with zero attached hydrogens (tertiary/aromatic N) is 1. The first-order valence-electron chi connectivity index (χ1n) is 9.36. The number of piperidine rings is 1. The maximum Gasteiger partial charge on any atom is 0.416 e. The molecule has 1 aromatic carbocycles. The van der Waals surface area contributed by atoms with E-state index in [1.165, 1.54) is 19.9 Å². The molecule has 0 saturated carbocycles. The Hall–Kier alpha value is -2.71. The summed E-state index contributed by atoms with van der Waals surface area (Å²) in [6, 6.07) is 3.39. The predicted octanol–water partition coefficient (Wildman–Crippen LogP) is 4.07. The molecule has 29 heavy (non-hydrogen) atoms. The van der Waals surface area contributed by atoms with E-state index in [2.05, 4.69) is 12.2 Å². The summed E-state index contributed by atoms with van der Waals surface area (Å²) >= 11 is 0. The third kappa shape index (κ3) is 4.83. The Bertz CT molecular complexity index is 819. The van der Waals surface area contributed by atoms with E-state index in [9.17, 15) is 22.8 Å². The normalized spacial score (nSPS) is 20.2. The SMILES string of the molecule is CC1CCN(c2ccc(C(F)(F)F)cc2NC=C2C(=O)OC(C)(C)OC2=O)CC1. The molecular formula is C20H23F3N2O4. The van der Waals surface area contributed by atoms with Crippen LogP contribution in [0.4, 0.5) is 24.5 Å². The molecule has 0 aliphatic carbocycles. The van der Waals surface area contributed by atoms with Gasteiger partial charge in [-0.25, -0.2) is 9.59 Å². The number of cyclic esters (lactones) is 2. The Kier molecular flexibility index (Phi) is 5.51. The quantitative estimate of drug-likeness (QED) is 0.459. The lowest BCUT2D eigenvalue weighted by Gasteiger charge is -2.34. The summed E-state index contributed by atoms with van der Waals surface area (Å²) in [6.45, 7) is 6.37. The Morgan fingerprint density at radius 1 is 1.14 bits per heavy atom. The van der Waals surface area contributed by atoms with E-state index in [4.69, 9.17) is 9.47 Å². The number of carbonyl (C=O) groups excluding carboxylic acids is 2. The summed E-state index contributed by atoms with van der Waals surface area (Å²) in [5.41, 5.74) is -0.533. The van der Waals surface area contributed by atoms with E-state index in [0.29, 0.717) is 24.7 Å². The van der Waals surface area contributed by atoms with Crippen molar-refractivity contribution in [2.45, 2.75) is 45.6 Å². The number of halogens is 3. The Morgan fingerprint density at radius 3 is 2.28 bits per heavy atom. The molecule has 0 unspecified atom stereocenters. The molecule has 2 aliphatic rings. The van der Waals surface area contributed by atoms with Gasteiger partial charge in [-0.3, -0.25) is 0 Å². The van der Waals surface area contributed by atoms with Gasteiger partial charge in [0, 0.05) is 33.1 Å². The molecule has 2 heterocycles. The van der Waals surface area contributed by atoms with Crippen LogP contribution >= 0.6 is 0 Å². The average molecular weight is 412 g/mol. The highest BCUT2D eigenvalue weighted by Crippen LogP contribution is 2.37. The molecule has 0 spiro atoms. The largest absolute Gasteiger partial charge is 0.419 e. The van der Waals surface area contributed by atoms with Crippen molar-refractivity contribution >= 4 is 23.3 Å². The van der Waals surface area contributed by atoms with Crippen LogP contribution in [0.2, 0.25) is 0 Å². The van der Waals surface area contributed by atoms with E-state index in [1.54, 1.807) is 0 Å². The van der Waals surface area contributed by atoms with Crippen LogP contribution in [0.1, 0.15) is 39.2 Å². The second-order valence-electron chi connectivity index (χ2n) is 7.78. The van der Waals surface area contributed by atoms with Gasteiger partial charge in [0.2, 0.25) is 0 Å². The number of hydrogen-bond donors (Lipinski definition) is 1. The van der Waals surface area contributed by atoms with E-state index >= 15 is 0 Å². The van der Waals surface area contributed by atoms with Crippen molar-refractivity contribution in [2.75, 3.05) is 23.3 Å². The lowest BCUT2D eigenvalue weighted by atomic mass is 9.98. The van der Waals surface area contributed by atoms with Gasteiger partial charge >= 0.3 is 18.1 Å². The number of carbonyl (C=O) groups is 2. The van der Waals surface area contributed by atoms with Crippen LogP contribution < -0.4 is 10.2 Å². The van der Waals surface area contributed by atoms with Crippen molar-refractivity contribution in [1.29, 1.82) is 0 Å². The highest BCUT2D eigenvalue weighted by molar-refractivity contribution is 6.15. The van der Waals surface area contributed by atoms with E-state index in [0.717, 1.165) is 31.2 Å². The zero-order valence-corrected chi connectivity index (χ0v) is 16.4. The van der Waals surface area contributed by atoms with Gasteiger partial charge in [0.05, 0.1) is 16.9 Å². The number of hydrogen-bond acceptors (Lipinski definition) is 6. The van der Waals surface area contributed by atoms with E-state index in [1.807, 2.05) is 4.90 Å². The second-order valence-corrected chi connectivity index (χ2v) is 7.78. The maximum absolute atomic E-state index is 13.2. The molecule has 0 aromatic heterocycles. The summed E-state index contributed by atoms with van der Waals surface area (Å²) in [4.78, 5) is 26.1. The first-order valence-corrected chi connectivity index (χ1v) is 9.36. The van der Waals surface area contributed by atoms with Gasteiger partial charge in [0.15, 0.2) is 5.57 Å². The maximum atomic E-state index is 13.2. The fraction of sp³-hybridized carbons (Fsp3) is 0.500. The van der Waals surface area contributed by atoms with Crippen molar-refractivity contribution in [1.82, 2.24) is 0 Å². The Labute approximate surface area is 166 Å². The van der Waals surface area contributed by atoms with Gasteiger partial charge < -0.3 is 19.7 Å². The Balaban J connectivity index is 1.91. The van der Waals surface area contributed by atoms with Crippen LogP contribution in [0.25, 0.3) is 0 Å². The molecule has 1 aromatic rings. The molecule has 0 radical (unpaired) electrons. The first-order chi connectivity index (χ1) is 13.5. The predicted molar refractivity (Wildman–Crippen MR) is 100 cm³/mol. The van der Waals surface area contributed by atoms with Crippen LogP contribution in [0, 0.1) is 5.92 Å². The molecule has 2 fully saturated rings. The highest BCUT2D eigenvalue weighted by Gasteiger charge is 2.39. The topological polar surface area (TPSA) is 67.9 Å². The van der Waals surface area contributed by atoms with Gasteiger partial charge in [-0.1, -0.05) is 6.92 Å². The number of nitrogens with one attached hydrogen (secondary N) is 1. The number of rotatable bonds is 3. The zero-order chi connectivity index (χ0) is 21.4. The standard InChI is InChI=1S/C20H23F3N2O4/c1-12-6-8-25(9-7-12)16-5-4-13(20(21,22)23)10-15(16)24-11-14-17(26)28-19(2,3)29-18(14)27/h4-5,10-12,24H,6-9H2,1-3H3. The molecule has 3 rings (SSSR count). The summed E-state index contributed by atoms with van der Waals surface area (Å²) < 4.78 is 49.6. The summed E-state index contributed by atoms with van der Waals surface area (Å²) in [6.07, 6.45) is -1.64. The molecule has 6 nitrogen and oxygen atoms in total. The lowest BCUT2D eigenvalue weighted by Crippen LogP contribution is -2.42. The van der Waals surface area contributed by atoms with Crippen LogP contribution in [-0.4, -0.2) is 30.8 Å². The molecule has 0 atom stereocenters. The van der Waals surface area contributed by atoms with Crippen molar-refractivity contribution in [3.8, 4) is 0 Å². The van der Waals surface area contributed by atoms with Crippen molar-refractivity contribution < 1.29 is 32.2 Å². The number of anilines is 2. The monoisotopic (exact) mass is 412 g/mol. The second kappa shape index (κ2) is 7.61. The minimum Gasteiger partial charge on any atom is -0.419 e. The molecule has 1 N–H and O–H groups in total. The smallest absolute Gasteiger partial charge is 0.416 e. The van der Waals surface area contributed by atoms with E-state index < -0.39 is 35.0 Å². The molecule has 0 bridgehead atoms. The number of esters is 2. The molecule has 2 aliphatic heterocycles. The number of alkyl halides is 3. The third-order valence-electron chi connectivity index (χ3n) is 4.94. The highest BCUT2D eigenvalue weighted by atomic mass is 19.4. The van der Waals surface area contributed by atoms with Crippen molar-refractivity contribution in [2.24, 2.45) is 5.92 Å². The average Bonchev–Trinajstić information content (AvgIpc) is 2.60.